The first-order valence-corrected chi connectivity index (χ1v) is 2.49. The summed E-state index contributed by atoms with van der Waals surface area (Å²) in [4.78, 5) is 0. The molecule has 0 aliphatic rings. The van der Waals surface area contributed by atoms with Gasteiger partial charge in [0, 0.05) is 6.20 Å². The van der Waals surface area contributed by atoms with Crippen molar-refractivity contribution in [2.75, 3.05) is 0 Å². The molecule has 0 amide bonds. The minimum atomic E-state index is 0.590. The van der Waals surface area contributed by atoms with Crippen LogP contribution in [-0.2, 0) is 0 Å². The van der Waals surface area contributed by atoms with Crippen LogP contribution in [-0.4, -0.2) is 10.2 Å². The van der Waals surface area contributed by atoms with E-state index in [2.05, 4.69) is 10.2 Å². The van der Waals surface area contributed by atoms with Gasteiger partial charge in [0.25, 0.3) is 0 Å². The molecule has 46 valence electrons. The standard InChI is InChI=1S/C6H6N2O/c9-5-3-6-2-1-4-7-8-6/h1-5,9H/p-1/b5-3-. The van der Waals surface area contributed by atoms with Crippen LogP contribution in [0.5, 0.6) is 0 Å². The lowest BCUT2D eigenvalue weighted by atomic mass is 10.4. The van der Waals surface area contributed by atoms with Gasteiger partial charge in [0.2, 0.25) is 0 Å². The molecule has 0 aliphatic carbocycles. The first kappa shape index (κ1) is 5.75. The van der Waals surface area contributed by atoms with Crippen molar-refractivity contribution in [1.29, 1.82) is 0 Å². The Morgan fingerprint density at radius 2 is 2.44 bits per heavy atom. The molecule has 0 spiro atoms. The molecule has 0 saturated carbocycles. The van der Waals surface area contributed by atoms with Gasteiger partial charge in [-0.15, -0.1) is 6.26 Å². The van der Waals surface area contributed by atoms with E-state index in [1.807, 2.05) is 0 Å². The normalized spacial score (nSPS) is 10.2. The van der Waals surface area contributed by atoms with Gasteiger partial charge in [-0.05, 0) is 18.2 Å². The van der Waals surface area contributed by atoms with E-state index in [0.29, 0.717) is 12.0 Å². The van der Waals surface area contributed by atoms with E-state index < -0.39 is 0 Å². The smallest absolute Gasteiger partial charge is 0.0845 e. The number of nitrogens with zero attached hydrogens (tertiary/aromatic N) is 2. The van der Waals surface area contributed by atoms with E-state index in [-0.39, 0.29) is 0 Å². The minimum Gasteiger partial charge on any atom is -0.878 e. The summed E-state index contributed by atoms with van der Waals surface area (Å²) in [5, 5.41) is 17.0. The van der Waals surface area contributed by atoms with Gasteiger partial charge >= 0.3 is 0 Å². The molecule has 9 heavy (non-hydrogen) atoms. The number of rotatable bonds is 1. The fourth-order valence-electron chi connectivity index (χ4n) is 0.472. The highest BCUT2D eigenvalue weighted by Gasteiger charge is 1.79. The summed E-state index contributed by atoms with van der Waals surface area (Å²) >= 11 is 0. The molecule has 0 bridgehead atoms. The highest BCUT2D eigenvalue weighted by atomic mass is 16.2. The fraction of sp³-hybridized carbons (Fsp3) is 0. The van der Waals surface area contributed by atoms with Gasteiger partial charge in [0.1, 0.15) is 0 Å². The molecule has 0 unspecified atom stereocenters. The van der Waals surface area contributed by atoms with Crippen LogP contribution >= 0.6 is 0 Å². The summed E-state index contributed by atoms with van der Waals surface area (Å²) < 4.78 is 0. The summed E-state index contributed by atoms with van der Waals surface area (Å²) in [6, 6.07) is 3.43. The van der Waals surface area contributed by atoms with Gasteiger partial charge in [-0.1, -0.05) is 0 Å². The second-order valence-electron chi connectivity index (χ2n) is 1.45. The molecule has 1 heterocycles. The minimum absolute atomic E-state index is 0.590. The molecule has 0 radical (unpaired) electrons. The first-order valence-electron chi connectivity index (χ1n) is 2.49. The summed E-state index contributed by atoms with van der Waals surface area (Å²) in [6.45, 7) is 0. The Balaban J connectivity index is 2.85. The Kier molecular flexibility index (Phi) is 1.80. The Morgan fingerprint density at radius 3 is 3.00 bits per heavy atom. The molecular weight excluding hydrogens is 116 g/mol. The predicted octanol–water partition coefficient (Wildman–Crippen LogP) is -0.192. The first-order chi connectivity index (χ1) is 4.43. The molecule has 0 fully saturated rings. The fourth-order valence-corrected chi connectivity index (χ4v) is 0.472. The second-order valence-corrected chi connectivity index (χ2v) is 1.45. The number of hydrogen-bond donors (Lipinski definition) is 0. The SMILES string of the molecule is [O-]/C=C\c1cccnn1. The lowest BCUT2D eigenvalue weighted by Crippen LogP contribution is -1.87. The zero-order chi connectivity index (χ0) is 6.53. The van der Waals surface area contributed by atoms with Crippen LogP contribution in [0.2, 0.25) is 0 Å². The zero-order valence-electron chi connectivity index (χ0n) is 4.69. The molecule has 1 aromatic heterocycles. The average Bonchev–Trinajstić information content (AvgIpc) is 1.91. The van der Waals surface area contributed by atoms with E-state index >= 15 is 0 Å². The second kappa shape index (κ2) is 2.81. The van der Waals surface area contributed by atoms with E-state index in [4.69, 9.17) is 0 Å². The molecule has 1 aromatic rings. The Bertz CT molecular complexity index is 195. The van der Waals surface area contributed by atoms with Crippen LogP contribution in [0, 0.1) is 0 Å². The van der Waals surface area contributed by atoms with Gasteiger partial charge in [0.15, 0.2) is 0 Å². The third-order valence-corrected chi connectivity index (χ3v) is 0.832. The molecule has 0 atom stereocenters. The van der Waals surface area contributed by atoms with E-state index in [1.54, 1.807) is 18.3 Å². The monoisotopic (exact) mass is 121 g/mol. The summed E-state index contributed by atoms with van der Waals surface area (Å²) in [5.74, 6) is 0. The summed E-state index contributed by atoms with van der Waals surface area (Å²) in [5.41, 5.74) is 0.590. The van der Waals surface area contributed by atoms with Crippen LogP contribution < -0.4 is 5.11 Å². The highest BCUT2D eigenvalue weighted by molar-refractivity contribution is 5.40. The Morgan fingerprint density at radius 1 is 1.56 bits per heavy atom. The molecular formula is C6H5N2O-. The van der Waals surface area contributed by atoms with Crippen molar-refractivity contribution in [1.82, 2.24) is 10.2 Å². The average molecular weight is 121 g/mol. The number of aromatic nitrogens is 2. The maximum absolute atomic E-state index is 9.85. The maximum atomic E-state index is 9.85. The van der Waals surface area contributed by atoms with Crippen molar-refractivity contribution < 1.29 is 5.11 Å². The van der Waals surface area contributed by atoms with Crippen molar-refractivity contribution in [2.45, 2.75) is 0 Å². The lowest BCUT2D eigenvalue weighted by molar-refractivity contribution is -0.273. The highest BCUT2D eigenvalue weighted by Crippen LogP contribution is 1.90. The van der Waals surface area contributed by atoms with Gasteiger partial charge in [-0.3, -0.25) is 0 Å². The lowest BCUT2D eigenvalue weighted by Gasteiger charge is -1.89. The Labute approximate surface area is 52.7 Å². The van der Waals surface area contributed by atoms with Crippen molar-refractivity contribution in [3.05, 3.63) is 30.3 Å². The molecule has 0 aliphatic heterocycles. The van der Waals surface area contributed by atoms with E-state index in [0.717, 1.165) is 0 Å². The van der Waals surface area contributed by atoms with Crippen molar-refractivity contribution in [2.24, 2.45) is 0 Å². The van der Waals surface area contributed by atoms with Gasteiger partial charge in [-0.2, -0.15) is 10.2 Å². The van der Waals surface area contributed by atoms with Crippen LogP contribution in [0.15, 0.2) is 24.6 Å². The van der Waals surface area contributed by atoms with E-state index in [9.17, 15) is 5.11 Å². The third-order valence-electron chi connectivity index (χ3n) is 0.832. The summed E-state index contributed by atoms with van der Waals surface area (Å²) in [7, 11) is 0. The molecule has 3 nitrogen and oxygen atoms in total. The van der Waals surface area contributed by atoms with E-state index in [1.165, 1.54) is 6.08 Å². The van der Waals surface area contributed by atoms with Crippen LogP contribution in [0.25, 0.3) is 6.08 Å². The van der Waals surface area contributed by atoms with Crippen LogP contribution in [0.4, 0.5) is 0 Å². The molecule has 0 saturated heterocycles. The molecule has 1 rings (SSSR count). The Hall–Kier alpha value is -1.38. The molecule has 0 N–H and O–H groups in total. The van der Waals surface area contributed by atoms with Gasteiger partial charge in [0.05, 0.1) is 5.69 Å². The zero-order valence-corrected chi connectivity index (χ0v) is 4.69. The van der Waals surface area contributed by atoms with Gasteiger partial charge < -0.3 is 5.11 Å². The van der Waals surface area contributed by atoms with Crippen molar-refractivity contribution >= 4 is 6.08 Å². The number of hydrogen-bond acceptors (Lipinski definition) is 3. The molecule has 0 aromatic carbocycles. The predicted molar refractivity (Wildman–Crippen MR) is 31.1 cm³/mol. The van der Waals surface area contributed by atoms with Crippen LogP contribution in [0.3, 0.4) is 0 Å². The van der Waals surface area contributed by atoms with Crippen molar-refractivity contribution in [3.8, 4) is 0 Å². The molecule has 3 heteroatoms. The van der Waals surface area contributed by atoms with Gasteiger partial charge in [-0.25, -0.2) is 0 Å². The quantitative estimate of drug-likeness (QED) is 0.484. The topological polar surface area (TPSA) is 48.8 Å². The largest absolute Gasteiger partial charge is 0.878 e. The maximum Gasteiger partial charge on any atom is 0.0845 e. The van der Waals surface area contributed by atoms with Crippen molar-refractivity contribution in [3.63, 3.8) is 0 Å². The summed E-state index contributed by atoms with van der Waals surface area (Å²) in [6.07, 6.45) is 3.60. The third kappa shape index (κ3) is 1.53. The van der Waals surface area contributed by atoms with Crippen LogP contribution in [0.1, 0.15) is 5.69 Å².